The van der Waals surface area contributed by atoms with Crippen LogP contribution in [0.25, 0.3) is 0 Å². The van der Waals surface area contributed by atoms with Gasteiger partial charge in [0.15, 0.2) is 0 Å². The van der Waals surface area contributed by atoms with Crippen LogP contribution < -0.4 is 10.1 Å². The number of hydrogen-bond donors (Lipinski definition) is 1. The minimum Gasteiger partial charge on any atom is -0.476 e. The largest absolute Gasteiger partial charge is 0.476 e. The average Bonchev–Trinajstić information content (AvgIpc) is 2.55. The highest BCUT2D eigenvalue weighted by atomic mass is 16.5. The van der Waals surface area contributed by atoms with Crippen molar-refractivity contribution in [1.29, 1.82) is 0 Å². The van der Waals surface area contributed by atoms with Crippen LogP contribution in [0.5, 0.6) is 5.88 Å². The summed E-state index contributed by atoms with van der Waals surface area (Å²) in [6.45, 7) is 7.06. The van der Waals surface area contributed by atoms with E-state index in [1.54, 1.807) is 12.3 Å². The van der Waals surface area contributed by atoms with Crippen molar-refractivity contribution in [1.82, 2.24) is 9.88 Å². The lowest BCUT2D eigenvalue weighted by Gasteiger charge is -2.26. The Hall–Kier alpha value is -1.66. The number of nitrogens with one attached hydrogen (secondary N) is 1. The fraction of sp³-hybridized carbons (Fsp3) is 0.625. The van der Waals surface area contributed by atoms with E-state index >= 15 is 0 Å². The molecule has 1 aromatic rings. The molecule has 0 bridgehead atoms. The minimum absolute atomic E-state index is 0.0321. The van der Waals surface area contributed by atoms with E-state index in [0.717, 1.165) is 45.7 Å². The van der Waals surface area contributed by atoms with Crippen molar-refractivity contribution in [2.45, 2.75) is 26.2 Å². The molecule has 6 heteroatoms. The maximum absolute atomic E-state index is 11.6. The second-order valence-corrected chi connectivity index (χ2v) is 5.34. The van der Waals surface area contributed by atoms with E-state index in [1.165, 1.54) is 0 Å². The first-order valence-corrected chi connectivity index (χ1v) is 7.96. The molecule has 1 aliphatic heterocycles. The van der Waals surface area contributed by atoms with Crippen LogP contribution in [0.1, 0.15) is 26.2 Å². The van der Waals surface area contributed by atoms with Gasteiger partial charge in [-0.25, -0.2) is 4.98 Å². The molecule has 1 saturated heterocycles. The molecule has 1 aromatic heterocycles. The third-order valence-corrected chi connectivity index (χ3v) is 3.54. The maximum Gasteiger partial charge on any atom is 0.224 e. The van der Waals surface area contributed by atoms with Crippen LogP contribution in [0.2, 0.25) is 0 Å². The SMILES string of the molecule is CCCCC(=O)Nc1ccc(OCCN2CCOCC2)nc1. The second kappa shape index (κ2) is 9.38. The van der Waals surface area contributed by atoms with Crippen molar-refractivity contribution in [3.05, 3.63) is 18.3 Å². The molecular formula is C16H25N3O3. The number of carbonyl (C=O) groups excluding carboxylic acids is 1. The van der Waals surface area contributed by atoms with E-state index in [4.69, 9.17) is 9.47 Å². The lowest BCUT2D eigenvalue weighted by Crippen LogP contribution is -2.38. The summed E-state index contributed by atoms with van der Waals surface area (Å²) in [5.74, 6) is 0.615. The van der Waals surface area contributed by atoms with Crippen molar-refractivity contribution in [2.24, 2.45) is 0 Å². The molecule has 0 radical (unpaired) electrons. The predicted octanol–water partition coefficient (Wildman–Crippen LogP) is 1.92. The molecule has 122 valence electrons. The van der Waals surface area contributed by atoms with Gasteiger partial charge in [0, 0.05) is 32.1 Å². The Kier molecular flexibility index (Phi) is 7.12. The molecule has 1 N–H and O–H groups in total. The number of amides is 1. The Balaban J connectivity index is 1.68. The lowest BCUT2D eigenvalue weighted by molar-refractivity contribution is -0.116. The van der Waals surface area contributed by atoms with E-state index in [9.17, 15) is 4.79 Å². The zero-order chi connectivity index (χ0) is 15.6. The highest BCUT2D eigenvalue weighted by Gasteiger charge is 2.10. The van der Waals surface area contributed by atoms with Crippen molar-refractivity contribution >= 4 is 11.6 Å². The molecule has 2 heterocycles. The number of hydrogen-bond acceptors (Lipinski definition) is 5. The lowest BCUT2D eigenvalue weighted by atomic mass is 10.2. The average molecular weight is 307 g/mol. The third-order valence-electron chi connectivity index (χ3n) is 3.54. The van der Waals surface area contributed by atoms with E-state index in [0.29, 0.717) is 24.6 Å². The fourth-order valence-electron chi connectivity index (χ4n) is 2.20. The van der Waals surface area contributed by atoms with Gasteiger partial charge in [0.1, 0.15) is 6.61 Å². The van der Waals surface area contributed by atoms with E-state index in [2.05, 4.69) is 22.1 Å². The zero-order valence-corrected chi connectivity index (χ0v) is 13.2. The minimum atomic E-state index is 0.0321. The van der Waals surface area contributed by atoms with Crippen LogP contribution in [0.4, 0.5) is 5.69 Å². The summed E-state index contributed by atoms with van der Waals surface area (Å²) in [4.78, 5) is 18.1. The zero-order valence-electron chi connectivity index (χ0n) is 13.2. The van der Waals surface area contributed by atoms with Crippen LogP contribution in [0, 0.1) is 0 Å². The van der Waals surface area contributed by atoms with Crippen molar-refractivity contribution < 1.29 is 14.3 Å². The first-order chi connectivity index (χ1) is 10.8. The summed E-state index contributed by atoms with van der Waals surface area (Å²) in [6, 6.07) is 3.61. The van der Waals surface area contributed by atoms with Crippen molar-refractivity contribution in [3.63, 3.8) is 0 Å². The molecule has 0 saturated carbocycles. The van der Waals surface area contributed by atoms with Gasteiger partial charge in [0.05, 0.1) is 25.1 Å². The first kappa shape index (κ1) is 16.7. The van der Waals surface area contributed by atoms with E-state index < -0.39 is 0 Å². The molecule has 2 rings (SSSR count). The normalized spacial score (nSPS) is 15.5. The van der Waals surface area contributed by atoms with Crippen molar-refractivity contribution in [2.75, 3.05) is 44.8 Å². The molecule has 6 nitrogen and oxygen atoms in total. The van der Waals surface area contributed by atoms with Crippen LogP contribution in [-0.4, -0.2) is 55.2 Å². The molecule has 0 aromatic carbocycles. The molecule has 22 heavy (non-hydrogen) atoms. The number of ether oxygens (including phenoxy) is 2. The predicted molar refractivity (Wildman–Crippen MR) is 85.1 cm³/mol. The summed E-state index contributed by atoms with van der Waals surface area (Å²) in [5.41, 5.74) is 0.710. The monoisotopic (exact) mass is 307 g/mol. The highest BCUT2D eigenvalue weighted by Crippen LogP contribution is 2.12. The molecule has 1 fully saturated rings. The van der Waals surface area contributed by atoms with E-state index in [1.807, 2.05) is 6.07 Å². The molecule has 0 unspecified atom stereocenters. The van der Waals surface area contributed by atoms with Crippen LogP contribution in [-0.2, 0) is 9.53 Å². The van der Waals surface area contributed by atoms with Gasteiger partial charge in [-0.15, -0.1) is 0 Å². The molecule has 0 aliphatic carbocycles. The van der Waals surface area contributed by atoms with Gasteiger partial charge in [-0.3, -0.25) is 9.69 Å². The summed E-state index contributed by atoms with van der Waals surface area (Å²) < 4.78 is 10.9. The Morgan fingerprint density at radius 1 is 1.41 bits per heavy atom. The highest BCUT2D eigenvalue weighted by molar-refractivity contribution is 5.90. The molecule has 1 amide bonds. The smallest absolute Gasteiger partial charge is 0.224 e. The summed E-state index contributed by atoms with van der Waals surface area (Å²) in [5, 5.41) is 2.83. The Morgan fingerprint density at radius 2 is 2.23 bits per heavy atom. The number of aromatic nitrogens is 1. The van der Waals surface area contributed by atoms with Crippen molar-refractivity contribution in [3.8, 4) is 5.88 Å². The van der Waals surface area contributed by atoms with Crippen LogP contribution >= 0.6 is 0 Å². The number of anilines is 1. The first-order valence-electron chi connectivity index (χ1n) is 7.96. The third kappa shape index (κ3) is 5.99. The van der Waals surface area contributed by atoms with Crippen LogP contribution in [0.15, 0.2) is 18.3 Å². The molecule has 0 atom stereocenters. The Bertz CT molecular complexity index is 444. The topological polar surface area (TPSA) is 63.7 Å². The van der Waals surface area contributed by atoms with Gasteiger partial charge < -0.3 is 14.8 Å². The Morgan fingerprint density at radius 3 is 2.91 bits per heavy atom. The number of morpholine rings is 1. The van der Waals surface area contributed by atoms with Gasteiger partial charge in [-0.1, -0.05) is 13.3 Å². The summed E-state index contributed by atoms with van der Waals surface area (Å²) in [6.07, 6.45) is 4.10. The van der Waals surface area contributed by atoms with E-state index in [-0.39, 0.29) is 5.91 Å². The van der Waals surface area contributed by atoms with Gasteiger partial charge >= 0.3 is 0 Å². The molecule has 1 aliphatic rings. The number of rotatable bonds is 8. The number of pyridine rings is 1. The van der Waals surface area contributed by atoms with Gasteiger partial charge in [0.2, 0.25) is 11.8 Å². The van der Waals surface area contributed by atoms with Gasteiger partial charge in [0.25, 0.3) is 0 Å². The Labute approximate surface area is 131 Å². The van der Waals surface area contributed by atoms with Gasteiger partial charge in [-0.05, 0) is 12.5 Å². The number of unbranched alkanes of at least 4 members (excludes halogenated alkanes) is 1. The number of nitrogens with zero attached hydrogens (tertiary/aromatic N) is 2. The molecule has 0 spiro atoms. The van der Waals surface area contributed by atoms with Gasteiger partial charge in [-0.2, -0.15) is 0 Å². The maximum atomic E-state index is 11.6. The summed E-state index contributed by atoms with van der Waals surface area (Å²) in [7, 11) is 0. The quantitative estimate of drug-likeness (QED) is 0.795. The second-order valence-electron chi connectivity index (χ2n) is 5.34. The van der Waals surface area contributed by atoms with Crippen LogP contribution in [0.3, 0.4) is 0 Å². The number of carbonyl (C=O) groups is 1. The fourth-order valence-corrected chi connectivity index (χ4v) is 2.20. The molecular weight excluding hydrogens is 282 g/mol. The standard InChI is InChI=1S/C16H25N3O3/c1-2-3-4-15(20)18-14-5-6-16(17-13-14)22-12-9-19-7-10-21-11-8-19/h5-6,13H,2-4,7-12H2,1H3,(H,18,20). The summed E-state index contributed by atoms with van der Waals surface area (Å²) >= 11 is 0.